The van der Waals surface area contributed by atoms with Gasteiger partial charge in [-0.25, -0.2) is 0 Å². The molecule has 0 aromatic rings. The monoisotopic (exact) mass is 225 g/mol. The average Bonchev–Trinajstić information content (AvgIpc) is 2.82. The molecule has 1 N–H and O–H groups in total. The minimum absolute atomic E-state index is 0.891. The summed E-state index contributed by atoms with van der Waals surface area (Å²) in [7, 11) is 0. The molecule has 2 saturated heterocycles. The van der Waals surface area contributed by atoms with E-state index in [4.69, 9.17) is 4.74 Å². The summed E-state index contributed by atoms with van der Waals surface area (Å²) in [5.41, 5.74) is 1.53. The molecule has 92 valence electrons. The van der Waals surface area contributed by atoms with Crippen LogP contribution in [-0.2, 0) is 4.74 Å². The molecule has 2 fully saturated rings. The maximum absolute atomic E-state index is 5.37. The van der Waals surface area contributed by atoms with E-state index in [-0.39, 0.29) is 0 Å². The highest BCUT2D eigenvalue weighted by atomic mass is 16.5. The van der Waals surface area contributed by atoms with Gasteiger partial charge >= 0.3 is 0 Å². The zero-order valence-electron chi connectivity index (χ0n) is 10.2. The van der Waals surface area contributed by atoms with Crippen LogP contribution >= 0.6 is 0 Å². The van der Waals surface area contributed by atoms with Crippen LogP contribution in [0.5, 0.6) is 0 Å². The Labute approximate surface area is 98.2 Å². The van der Waals surface area contributed by atoms with Crippen molar-refractivity contribution in [2.75, 3.05) is 59.2 Å². The lowest BCUT2D eigenvalue weighted by Crippen LogP contribution is -2.39. The molecule has 4 heteroatoms. The Bertz CT molecular complexity index is 230. The second-order valence-electron chi connectivity index (χ2n) is 4.55. The molecule has 2 aliphatic rings. The lowest BCUT2D eigenvalue weighted by Gasteiger charge is -2.28. The van der Waals surface area contributed by atoms with Gasteiger partial charge in [0.1, 0.15) is 0 Å². The lowest BCUT2D eigenvalue weighted by atomic mass is 10.2. The number of ether oxygens (including phenoxy) is 1. The number of nitrogens with one attached hydrogen (secondary N) is 1. The zero-order valence-corrected chi connectivity index (χ0v) is 10.2. The molecule has 16 heavy (non-hydrogen) atoms. The van der Waals surface area contributed by atoms with Crippen LogP contribution in [0.15, 0.2) is 11.6 Å². The van der Waals surface area contributed by atoms with Gasteiger partial charge in [0.25, 0.3) is 0 Å². The van der Waals surface area contributed by atoms with Gasteiger partial charge in [-0.2, -0.15) is 0 Å². The third kappa shape index (κ3) is 3.56. The Morgan fingerprint density at radius 1 is 1.19 bits per heavy atom. The van der Waals surface area contributed by atoms with Crippen LogP contribution in [0, 0.1) is 0 Å². The largest absolute Gasteiger partial charge is 0.379 e. The number of allylic oxidation sites excluding steroid dienone is 1. The van der Waals surface area contributed by atoms with Crippen molar-refractivity contribution in [3.05, 3.63) is 11.6 Å². The summed E-state index contributed by atoms with van der Waals surface area (Å²) in [6, 6.07) is 0. The molecular formula is C12H23N3O. The first kappa shape index (κ1) is 12.0. The van der Waals surface area contributed by atoms with Crippen molar-refractivity contribution in [1.82, 2.24) is 15.1 Å². The minimum atomic E-state index is 0.891. The lowest BCUT2D eigenvalue weighted by molar-refractivity contribution is 0.0416. The standard InChI is InChI=1S/C12H23N3O/c1-2-12(10-15-4-3-13-11-15)9-14-5-7-16-8-6-14/h2,13H,3-11H2,1H3/b12-2+. The summed E-state index contributed by atoms with van der Waals surface area (Å²) >= 11 is 0. The maximum atomic E-state index is 5.37. The minimum Gasteiger partial charge on any atom is -0.379 e. The summed E-state index contributed by atoms with van der Waals surface area (Å²) < 4.78 is 5.37. The molecule has 4 nitrogen and oxygen atoms in total. The molecule has 0 radical (unpaired) electrons. The van der Waals surface area contributed by atoms with E-state index in [9.17, 15) is 0 Å². The Morgan fingerprint density at radius 2 is 1.94 bits per heavy atom. The van der Waals surface area contributed by atoms with Crippen molar-refractivity contribution in [3.63, 3.8) is 0 Å². The average molecular weight is 225 g/mol. The van der Waals surface area contributed by atoms with E-state index >= 15 is 0 Å². The maximum Gasteiger partial charge on any atom is 0.0594 e. The van der Waals surface area contributed by atoms with Gasteiger partial charge in [-0.3, -0.25) is 9.80 Å². The number of nitrogens with zero attached hydrogens (tertiary/aromatic N) is 2. The number of hydrogen-bond acceptors (Lipinski definition) is 4. The molecule has 0 aromatic heterocycles. The van der Waals surface area contributed by atoms with Crippen LogP contribution in [0.4, 0.5) is 0 Å². The van der Waals surface area contributed by atoms with E-state index in [1.807, 2.05) is 0 Å². The van der Waals surface area contributed by atoms with Gasteiger partial charge < -0.3 is 10.1 Å². The van der Waals surface area contributed by atoms with E-state index in [1.165, 1.54) is 12.1 Å². The Kier molecular flexibility index (Phi) is 4.78. The molecule has 0 aromatic carbocycles. The molecule has 0 bridgehead atoms. The topological polar surface area (TPSA) is 27.7 Å². The van der Waals surface area contributed by atoms with E-state index < -0.39 is 0 Å². The second-order valence-corrected chi connectivity index (χ2v) is 4.55. The Hall–Kier alpha value is -0.420. The first-order valence-electron chi connectivity index (χ1n) is 6.25. The molecule has 2 rings (SSSR count). The summed E-state index contributed by atoms with van der Waals surface area (Å²) in [6.45, 7) is 11.7. The summed E-state index contributed by atoms with van der Waals surface area (Å²) in [5, 5.41) is 3.37. The van der Waals surface area contributed by atoms with E-state index in [2.05, 4.69) is 28.1 Å². The fraction of sp³-hybridized carbons (Fsp3) is 0.833. The molecule has 0 saturated carbocycles. The van der Waals surface area contributed by atoms with Crippen LogP contribution in [-0.4, -0.2) is 69.0 Å². The van der Waals surface area contributed by atoms with Gasteiger partial charge in [0.15, 0.2) is 0 Å². The highest BCUT2D eigenvalue weighted by Crippen LogP contribution is 2.06. The van der Waals surface area contributed by atoms with Gasteiger partial charge in [0, 0.05) is 45.9 Å². The molecule has 0 amide bonds. The molecule has 0 aliphatic carbocycles. The zero-order chi connectivity index (χ0) is 11.2. The number of morpholine rings is 1. The second kappa shape index (κ2) is 6.35. The van der Waals surface area contributed by atoms with Crippen molar-refractivity contribution < 1.29 is 4.74 Å². The normalized spacial score (nSPS) is 25.2. The molecule has 2 aliphatic heterocycles. The Morgan fingerprint density at radius 3 is 2.56 bits per heavy atom. The van der Waals surface area contributed by atoms with Gasteiger partial charge in [0.05, 0.1) is 13.2 Å². The third-order valence-electron chi connectivity index (χ3n) is 3.31. The molecular weight excluding hydrogens is 202 g/mol. The quantitative estimate of drug-likeness (QED) is 0.688. The molecule has 0 atom stereocenters. The van der Waals surface area contributed by atoms with Crippen LogP contribution in [0.25, 0.3) is 0 Å². The van der Waals surface area contributed by atoms with Gasteiger partial charge in [-0.05, 0) is 12.5 Å². The molecule has 0 spiro atoms. The van der Waals surface area contributed by atoms with Gasteiger partial charge in [0.2, 0.25) is 0 Å². The van der Waals surface area contributed by atoms with Crippen molar-refractivity contribution in [2.24, 2.45) is 0 Å². The van der Waals surface area contributed by atoms with Crippen molar-refractivity contribution in [1.29, 1.82) is 0 Å². The fourth-order valence-corrected chi connectivity index (χ4v) is 2.25. The first-order chi connectivity index (χ1) is 7.88. The van der Waals surface area contributed by atoms with E-state index in [0.29, 0.717) is 0 Å². The SMILES string of the molecule is C/C=C(\CN1CCOCC1)CN1CCNC1. The van der Waals surface area contributed by atoms with Crippen LogP contribution in [0.3, 0.4) is 0 Å². The predicted molar refractivity (Wildman–Crippen MR) is 65.5 cm³/mol. The van der Waals surface area contributed by atoms with Crippen LogP contribution in [0.1, 0.15) is 6.92 Å². The highest BCUT2D eigenvalue weighted by Gasteiger charge is 2.15. The predicted octanol–water partition coefficient (Wildman–Crippen LogP) is 0.128. The van der Waals surface area contributed by atoms with Crippen LogP contribution < -0.4 is 5.32 Å². The van der Waals surface area contributed by atoms with Gasteiger partial charge in [-0.15, -0.1) is 0 Å². The number of hydrogen-bond donors (Lipinski definition) is 1. The highest BCUT2D eigenvalue weighted by molar-refractivity contribution is 5.06. The van der Waals surface area contributed by atoms with Gasteiger partial charge in [-0.1, -0.05) is 6.08 Å². The van der Waals surface area contributed by atoms with Crippen LogP contribution in [0.2, 0.25) is 0 Å². The summed E-state index contributed by atoms with van der Waals surface area (Å²) in [5.74, 6) is 0. The number of rotatable bonds is 4. The first-order valence-corrected chi connectivity index (χ1v) is 6.25. The fourth-order valence-electron chi connectivity index (χ4n) is 2.25. The Balaban J connectivity index is 1.75. The summed E-state index contributed by atoms with van der Waals surface area (Å²) in [6.07, 6.45) is 2.27. The smallest absolute Gasteiger partial charge is 0.0594 e. The van der Waals surface area contributed by atoms with E-state index in [0.717, 1.165) is 52.6 Å². The van der Waals surface area contributed by atoms with Crippen molar-refractivity contribution in [3.8, 4) is 0 Å². The van der Waals surface area contributed by atoms with Crippen molar-refractivity contribution >= 4 is 0 Å². The molecule has 0 unspecified atom stereocenters. The third-order valence-corrected chi connectivity index (χ3v) is 3.31. The summed E-state index contributed by atoms with van der Waals surface area (Å²) in [4.78, 5) is 4.96. The molecule has 2 heterocycles. The van der Waals surface area contributed by atoms with E-state index in [1.54, 1.807) is 0 Å². The van der Waals surface area contributed by atoms with Crippen molar-refractivity contribution in [2.45, 2.75) is 6.92 Å².